The summed E-state index contributed by atoms with van der Waals surface area (Å²) in [4.78, 5) is 0. The lowest BCUT2D eigenvalue weighted by molar-refractivity contribution is 0.556. The van der Waals surface area contributed by atoms with Crippen LogP contribution in [-0.2, 0) is 5.41 Å². The predicted molar refractivity (Wildman–Crippen MR) is 315 cm³/mol. The molecule has 0 spiro atoms. The van der Waals surface area contributed by atoms with Gasteiger partial charge in [0, 0.05) is 5.92 Å². The third-order valence-electron chi connectivity index (χ3n) is 16.9. The average Bonchev–Trinajstić information content (AvgIpc) is 3.99. The standard InChI is InChI=1S/C74H46/c1-2-4-24-53(23-3-1)74(66-41-35-51-21-9-15-29-58(51)72(66)73-59-30-16-10-22-52(59)36-42-67(73)74)45-46(43-64-60-37-31-47-17-5-11-25-54(47)68(60)69-55-26-12-6-18-48(55)32-38-61(64)69)44-65-62-39-33-49-19-7-13-27-56(49)70(62)71-57-28-14-8-20-50(57)34-40-63(65)71/h1-45,53H. The molecule has 0 atom stereocenters. The number of benzene rings is 12. The van der Waals surface area contributed by atoms with Crippen molar-refractivity contribution in [2.45, 2.75) is 5.41 Å². The summed E-state index contributed by atoms with van der Waals surface area (Å²) < 4.78 is 0. The van der Waals surface area contributed by atoms with Crippen molar-refractivity contribution in [3.63, 3.8) is 0 Å². The first kappa shape index (κ1) is 41.3. The van der Waals surface area contributed by atoms with E-state index in [1.165, 1.54) is 143 Å². The lowest BCUT2D eigenvalue weighted by Crippen LogP contribution is -2.31. The summed E-state index contributed by atoms with van der Waals surface area (Å²) in [5, 5.41) is 15.2. The molecule has 0 N–H and O–H groups in total. The van der Waals surface area contributed by atoms with Crippen LogP contribution in [0.1, 0.15) is 33.4 Å². The van der Waals surface area contributed by atoms with E-state index in [4.69, 9.17) is 0 Å². The van der Waals surface area contributed by atoms with Gasteiger partial charge in [-0.2, -0.15) is 0 Å². The Kier molecular flexibility index (Phi) is 8.82. The van der Waals surface area contributed by atoms with Gasteiger partial charge in [0.15, 0.2) is 0 Å². The van der Waals surface area contributed by atoms with E-state index in [1.807, 2.05) is 0 Å². The highest BCUT2D eigenvalue weighted by Gasteiger charge is 2.47. The maximum Gasteiger partial charge on any atom is 0.0500 e. The van der Waals surface area contributed by atoms with E-state index in [-0.39, 0.29) is 5.92 Å². The molecule has 74 heavy (non-hydrogen) atoms. The molecule has 0 aliphatic heterocycles. The topological polar surface area (TPSA) is 0 Å². The molecule has 0 fully saturated rings. The van der Waals surface area contributed by atoms with Gasteiger partial charge in [0.1, 0.15) is 0 Å². The summed E-state index contributed by atoms with van der Waals surface area (Å²) in [5.41, 5.74) is 18.6. The van der Waals surface area contributed by atoms with Gasteiger partial charge in [0.05, 0.1) is 5.41 Å². The van der Waals surface area contributed by atoms with Crippen molar-refractivity contribution in [2.75, 3.05) is 0 Å². The number of fused-ring (bicyclic) bond motifs is 21. The van der Waals surface area contributed by atoms with Gasteiger partial charge in [-0.05, 0) is 160 Å². The Hall–Kier alpha value is -9.36. The molecule has 0 radical (unpaired) electrons. The Labute approximate surface area is 430 Å². The van der Waals surface area contributed by atoms with Crippen LogP contribution in [0, 0.1) is 5.92 Å². The highest BCUT2D eigenvalue weighted by molar-refractivity contribution is 6.21. The lowest BCUT2D eigenvalue weighted by atomic mass is 9.66. The first-order chi connectivity index (χ1) is 36.7. The van der Waals surface area contributed by atoms with Gasteiger partial charge >= 0.3 is 0 Å². The summed E-state index contributed by atoms with van der Waals surface area (Å²) in [5.74, 6) is -0.0290. The minimum atomic E-state index is -0.630. The zero-order chi connectivity index (χ0) is 48.5. The maximum atomic E-state index is 2.69. The van der Waals surface area contributed by atoms with Gasteiger partial charge in [0.25, 0.3) is 0 Å². The Morgan fingerprint density at radius 2 is 0.568 bits per heavy atom. The van der Waals surface area contributed by atoms with Crippen LogP contribution in [0.5, 0.6) is 0 Å². The molecule has 0 saturated carbocycles. The molecular formula is C74H46. The zero-order valence-electron chi connectivity index (χ0n) is 40.6. The Morgan fingerprint density at radius 3 is 0.892 bits per heavy atom. The molecule has 4 aliphatic carbocycles. The van der Waals surface area contributed by atoms with Crippen LogP contribution in [0.3, 0.4) is 0 Å². The van der Waals surface area contributed by atoms with E-state index in [0.29, 0.717) is 0 Å². The SMILES string of the molecule is C1=CC=CC(C2(C=C(C=C3c4ccc5ccccc5c4-c4c3ccc3ccccc43)C=C3c4ccc5ccccc5c4-c4c3ccc3ccccc43)c3ccc4ccccc4c3-c3c2ccc2ccccc32)C=C1. The molecule has 0 heterocycles. The second-order valence-electron chi connectivity index (χ2n) is 20.6. The van der Waals surface area contributed by atoms with E-state index in [9.17, 15) is 0 Å². The second-order valence-corrected chi connectivity index (χ2v) is 20.6. The van der Waals surface area contributed by atoms with Crippen molar-refractivity contribution in [3.8, 4) is 33.4 Å². The van der Waals surface area contributed by atoms with Crippen LogP contribution in [-0.4, -0.2) is 0 Å². The number of hydrogen-bond acceptors (Lipinski definition) is 0. The Bertz CT molecular complexity index is 4190. The molecule has 0 aromatic heterocycles. The molecule has 12 aromatic carbocycles. The molecule has 4 aliphatic rings. The van der Waals surface area contributed by atoms with Gasteiger partial charge in [-0.1, -0.05) is 261 Å². The molecule has 12 aromatic rings. The molecule has 0 nitrogen and oxygen atoms in total. The highest BCUT2D eigenvalue weighted by atomic mass is 14.5. The Balaban J connectivity index is 1.08. The normalized spacial score (nSPS) is 14.6. The molecular weight excluding hydrogens is 889 g/mol. The Morgan fingerprint density at radius 1 is 0.284 bits per heavy atom. The molecule has 342 valence electrons. The molecule has 0 amide bonds. The maximum absolute atomic E-state index is 2.69. The minimum Gasteiger partial charge on any atom is -0.0761 e. The van der Waals surface area contributed by atoms with Crippen molar-refractivity contribution in [1.29, 1.82) is 0 Å². The number of hydrogen-bond donors (Lipinski definition) is 0. The van der Waals surface area contributed by atoms with Crippen molar-refractivity contribution in [3.05, 3.63) is 312 Å². The second kappa shape index (κ2) is 15.8. The van der Waals surface area contributed by atoms with E-state index >= 15 is 0 Å². The third-order valence-corrected chi connectivity index (χ3v) is 16.9. The summed E-state index contributed by atoms with van der Waals surface area (Å²) in [6.45, 7) is 0. The quantitative estimate of drug-likeness (QED) is 0.165. The van der Waals surface area contributed by atoms with Crippen LogP contribution >= 0.6 is 0 Å². The largest absolute Gasteiger partial charge is 0.0761 e. The van der Waals surface area contributed by atoms with Crippen molar-refractivity contribution >= 4 is 75.8 Å². The lowest BCUT2D eigenvalue weighted by Gasteiger charge is -2.35. The highest BCUT2D eigenvalue weighted by Crippen LogP contribution is 2.60. The van der Waals surface area contributed by atoms with Gasteiger partial charge in [-0.25, -0.2) is 0 Å². The molecule has 0 saturated heterocycles. The third kappa shape index (κ3) is 5.80. The average molecular weight is 935 g/mol. The van der Waals surface area contributed by atoms with Gasteiger partial charge in [-0.3, -0.25) is 0 Å². The molecule has 0 bridgehead atoms. The summed E-state index contributed by atoms with van der Waals surface area (Å²) in [6, 6.07) is 82.2. The number of rotatable bonds is 4. The van der Waals surface area contributed by atoms with Gasteiger partial charge in [-0.15, -0.1) is 0 Å². The zero-order valence-corrected chi connectivity index (χ0v) is 40.6. The van der Waals surface area contributed by atoms with Gasteiger partial charge in [0.2, 0.25) is 0 Å². The summed E-state index contributed by atoms with van der Waals surface area (Å²) in [6.07, 6.45) is 21.6. The first-order valence-corrected chi connectivity index (χ1v) is 26.0. The van der Waals surface area contributed by atoms with Crippen LogP contribution in [0.4, 0.5) is 0 Å². The van der Waals surface area contributed by atoms with Crippen LogP contribution < -0.4 is 0 Å². The van der Waals surface area contributed by atoms with E-state index in [2.05, 4.69) is 273 Å². The fraction of sp³-hybridized carbons (Fsp3) is 0.0270. The van der Waals surface area contributed by atoms with Crippen molar-refractivity contribution in [1.82, 2.24) is 0 Å². The van der Waals surface area contributed by atoms with Crippen LogP contribution in [0.15, 0.2) is 279 Å². The smallest absolute Gasteiger partial charge is 0.0500 e. The summed E-state index contributed by atoms with van der Waals surface area (Å²) in [7, 11) is 0. The monoisotopic (exact) mass is 934 g/mol. The van der Waals surface area contributed by atoms with E-state index in [1.54, 1.807) is 0 Å². The van der Waals surface area contributed by atoms with Crippen molar-refractivity contribution < 1.29 is 0 Å². The van der Waals surface area contributed by atoms with E-state index < -0.39 is 5.41 Å². The fourth-order valence-corrected chi connectivity index (χ4v) is 13.8. The molecule has 0 unspecified atom stereocenters. The summed E-state index contributed by atoms with van der Waals surface area (Å²) >= 11 is 0. The van der Waals surface area contributed by atoms with Crippen LogP contribution in [0.25, 0.3) is 109 Å². The molecule has 0 heteroatoms. The van der Waals surface area contributed by atoms with Crippen LogP contribution in [0.2, 0.25) is 0 Å². The predicted octanol–water partition coefficient (Wildman–Crippen LogP) is 19.3. The number of allylic oxidation sites excluding steroid dienone is 10. The van der Waals surface area contributed by atoms with E-state index in [0.717, 1.165) is 5.57 Å². The minimum absolute atomic E-state index is 0.0290. The van der Waals surface area contributed by atoms with Gasteiger partial charge < -0.3 is 0 Å². The first-order valence-electron chi connectivity index (χ1n) is 26.0. The van der Waals surface area contributed by atoms with Crippen molar-refractivity contribution in [2.24, 2.45) is 5.92 Å². The fourth-order valence-electron chi connectivity index (χ4n) is 13.8. The molecule has 16 rings (SSSR count).